The number of rotatable bonds is 13. The molecule has 0 amide bonds. The Morgan fingerprint density at radius 1 is 0.800 bits per heavy atom. The summed E-state index contributed by atoms with van der Waals surface area (Å²) in [5, 5.41) is 0. The van der Waals surface area contributed by atoms with Crippen LogP contribution >= 0.6 is 0 Å². The maximum absolute atomic E-state index is 14.1. The summed E-state index contributed by atoms with van der Waals surface area (Å²) >= 11 is -2.83. The third-order valence-corrected chi connectivity index (χ3v) is 26.4. The molecular formula is C27H40OSSn. The fourth-order valence-corrected chi connectivity index (χ4v) is 26.3. The van der Waals surface area contributed by atoms with Gasteiger partial charge in [-0.25, -0.2) is 0 Å². The second-order valence-electron chi connectivity index (χ2n) is 8.59. The van der Waals surface area contributed by atoms with E-state index in [1.54, 1.807) is 0 Å². The van der Waals surface area contributed by atoms with E-state index in [4.69, 9.17) is 0 Å². The predicted octanol–water partition coefficient (Wildman–Crippen LogP) is 8.53. The van der Waals surface area contributed by atoms with Gasteiger partial charge >= 0.3 is 193 Å². The Labute approximate surface area is 191 Å². The van der Waals surface area contributed by atoms with E-state index in [1.807, 2.05) is 0 Å². The van der Waals surface area contributed by atoms with E-state index in [1.165, 1.54) is 65.9 Å². The molecule has 0 bridgehead atoms. The molecular weight excluding hydrogens is 491 g/mol. The number of hydrogen-bond donors (Lipinski definition) is 0. The van der Waals surface area contributed by atoms with Crippen molar-refractivity contribution in [3.8, 4) is 0 Å². The van der Waals surface area contributed by atoms with Gasteiger partial charge in [-0.15, -0.1) is 0 Å². The molecule has 0 heterocycles. The number of aryl methyl sites for hydroxylation is 1. The number of benzene rings is 2. The van der Waals surface area contributed by atoms with Gasteiger partial charge in [0.05, 0.1) is 0 Å². The van der Waals surface area contributed by atoms with Gasteiger partial charge in [0, 0.05) is 0 Å². The zero-order valence-corrected chi connectivity index (χ0v) is 23.1. The van der Waals surface area contributed by atoms with Crippen molar-refractivity contribution in [2.45, 2.75) is 84.4 Å². The topological polar surface area (TPSA) is 17.1 Å². The fraction of sp³-hybridized carbons (Fsp3) is 0.481. The van der Waals surface area contributed by atoms with E-state index in [-0.39, 0.29) is 0 Å². The van der Waals surface area contributed by atoms with Crippen molar-refractivity contribution in [3.63, 3.8) is 0 Å². The normalized spacial score (nSPS) is 13.4. The number of unbranched alkanes of at least 4 members (excludes halogenated alkanes) is 3. The summed E-state index contributed by atoms with van der Waals surface area (Å²) in [4.78, 5) is 0.980. The van der Waals surface area contributed by atoms with Gasteiger partial charge in [0.15, 0.2) is 0 Å². The Morgan fingerprint density at radius 2 is 1.30 bits per heavy atom. The summed E-state index contributed by atoms with van der Waals surface area (Å²) in [7, 11) is -1.06. The molecule has 0 spiro atoms. The molecule has 2 rings (SSSR count). The Kier molecular flexibility index (Phi) is 11.4. The first-order chi connectivity index (χ1) is 14.6. The molecule has 1 atom stereocenters. The summed E-state index contributed by atoms with van der Waals surface area (Å²) in [5.74, 6) is 0. The Bertz CT molecular complexity index is 774. The van der Waals surface area contributed by atoms with Crippen LogP contribution in [0.5, 0.6) is 0 Å². The molecule has 0 unspecified atom stereocenters. The van der Waals surface area contributed by atoms with Gasteiger partial charge in [-0.1, -0.05) is 0 Å². The summed E-state index contributed by atoms with van der Waals surface area (Å²) in [6, 6.07) is 19.0. The minimum atomic E-state index is -2.83. The summed E-state index contributed by atoms with van der Waals surface area (Å²) in [6.45, 7) is 9.00. The van der Waals surface area contributed by atoms with Crippen LogP contribution in [0.25, 0.3) is 6.08 Å². The molecule has 2 aromatic rings. The zero-order chi connectivity index (χ0) is 21.8. The zero-order valence-electron chi connectivity index (χ0n) is 19.5. The molecule has 0 saturated carbocycles. The molecule has 0 radical (unpaired) electrons. The SMILES string of the molecule is CCC[CH2][Sn]([CH2]CCC)([CH2]CCC)/[C](=C/c1ccccc1)[S@@](=O)c1ccc(C)cc1. The molecule has 0 aromatic heterocycles. The van der Waals surface area contributed by atoms with Crippen LogP contribution in [0.4, 0.5) is 0 Å². The van der Waals surface area contributed by atoms with Crippen LogP contribution in [0.15, 0.2) is 62.4 Å². The first-order valence-electron chi connectivity index (χ1n) is 11.8. The molecule has 1 nitrogen and oxygen atoms in total. The average Bonchev–Trinajstić information content (AvgIpc) is 2.78. The second kappa shape index (κ2) is 13.5. The maximum atomic E-state index is 14.1. The average molecular weight is 531 g/mol. The van der Waals surface area contributed by atoms with E-state index < -0.39 is 29.2 Å². The van der Waals surface area contributed by atoms with Crippen LogP contribution in [-0.2, 0) is 10.8 Å². The van der Waals surface area contributed by atoms with E-state index >= 15 is 0 Å². The molecule has 0 fully saturated rings. The van der Waals surface area contributed by atoms with Gasteiger partial charge in [0.1, 0.15) is 0 Å². The monoisotopic (exact) mass is 532 g/mol. The fourth-order valence-electron chi connectivity index (χ4n) is 4.18. The molecule has 3 heteroatoms. The van der Waals surface area contributed by atoms with Crippen LogP contribution in [-0.4, -0.2) is 22.6 Å². The quantitative estimate of drug-likeness (QED) is 0.237. The standard InChI is InChI=1S/C15H13OS.3C4H9.Sn/c1-13-7-9-15(10-8-13)17(16)12-11-14-5-3-2-4-6-14;3*1-3-4-2;/h2-11H,1H3;3*1,3-4H2,2H3;/t17-;;;;/m1..../s1. The minimum absolute atomic E-state index is 0.980. The number of hydrogen-bond acceptors (Lipinski definition) is 1. The molecule has 0 aliphatic carbocycles. The van der Waals surface area contributed by atoms with Crippen molar-refractivity contribution in [3.05, 3.63) is 68.6 Å². The second-order valence-corrected chi connectivity index (χ2v) is 24.2. The van der Waals surface area contributed by atoms with Crippen molar-refractivity contribution < 1.29 is 4.21 Å². The van der Waals surface area contributed by atoms with Crippen molar-refractivity contribution in [1.29, 1.82) is 0 Å². The van der Waals surface area contributed by atoms with E-state index in [9.17, 15) is 4.21 Å². The van der Waals surface area contributed by atoms with Gasteiger partial charge in [0.2, 0.25) is 0 Å². The third-order valence-electron chi connectivity index (χ3n) is 6.08. The van der Waals surface area contributed by atoms with Crippen LogP contribution in [0.2, 0.25) is 13.3 Å². The Morgan fingerprint density at radius 3 is 1.77 bits per heavy atom. The van der Waals surface area contributed by atoms with E-state index in [0.29, 0.717) is 0 Å². The van der Waals surface area contributed by atoms with Gasteiger partial charge in [-0.3, -0.25) is 0 Å². The Balaban J connectivity index is 2.61. The predicted molar refractivity (Wildman–Crippen MR) is 137 cm³/mol. The van der Waals surface area contributed by atoms with Crippen molar-refractivity contribution in [2.24, 2.45) is 0 Å². The van der Waals surface area contributed by atoms with E-state index in [0.717, 1.165) is 4.90 Å². The molecule has 164 valence electrons. The van der Waals surface area contributed by atoms with Crippen LogP contribution in [0.3, 0.4) is 0 Å². The third kappa shape index (κ3) is 7.37. The first-order valence-corrected chi connectivity index (χ1v) is 20.4. The van der Waals surface area contributed by atoms with Crippen LogP contribution in [0.1, 0.15) is 70.4 Å². The molecule has 0 N–H and O–H groups in total. The molecule has 0 aliphatic heterocycles. The Hall–Kier alpha value is -0.871. The summed E-state index contributed by atoms with van der Waals surface area (Å²) in [5.41, 5.74) is 2.43. The van der Waals surface area contributed by atoms with Gasteiger partial charge in [-0.2, -0.15) is 0 Å². The van der Waals surface area contributed by atoms with Crippen LogP contribution in [0, 0.1) is 6.92 Å². The molecule has 0 saturated heterocycles. The first kappa shape index (κ1) is 25.4. The molecule has 0 aliphatic rings. The summed E-state index contributed by atoms with van der Waals surface area (Å²) in [6.07, 6.45) is 9.86. The van der Waals surface area contributed by atoms with Gasteiger partial charge in [0.25, 0.3) is 0 Å². The van der Waals surface area contributed by atoms with Crippen molar-refractivity contribution in [1.82, 2.24) is 0 Å². The van der Waals surface area contributed by atoms with Gasteiger partial charge in [-0.05, 0) is 0 Å². The molecule has 30 heavy (non-hydrogen) atoms. The van der Waals surface area contributed by atoms with Crippen molar-refractivity contribution >= 4 is 35.3 Å². The van der Waals surface area contributed by atoms with Crippen LogP contribution < -0.4 is 0 Å². The van der Waals surface area contributed by atoms with Gasteiger partial charge < -0.3 is 0 Å². The molecule has 2 aromatic carbocycles. The summed E-state index contributed by atoms with van der Waals surface area (Å²) < 4.78 is 19.4. The van der Waals surface area contributed by atoms with E-state index in [2.05, 4.69) is 88.4 Å². The van der Waals surface area contributed by atoms with Crippen molar-refractivity contribution in [2.75, 3.05) is 0 Å².